The molecule has 0 bridgehead atoms. The van der Waals surface area contributed by atoms with Gasteiger partial charge < -0.3 is 10.6 Å². The highest BCUT2D eigenvalue weighted by Crippen LogP contribution is 2.40. The summed E-state index contributed by atoms with van der Waals surface area (Å²) in [6, 6.07) is 0.276. The van der Waals surface area contributed by atoms with Crippen LogP contribution in [0.4, 0.5) is 0 Å². The van der Waals surface area contributed by atoms with Crippen LogP contribution >= 0.6 is 0 Å². The second kappa shape index (κ2) is 7.25. The summed E-state index contributed by atoms with van der Waals surface area (Å²) < 4.78 is 0. The van der Waals surface area contributed by atoms with Gasteiger partial charge in [-0.15, -0.1) is 0 Å². The minimum atomic E-state index is -0.529. The van der Waals surface area contributed by atoms with Gasteiger partial charge in [0.25, 0.3) is 0 Å². The van der Waals surface area contributed by atoms with Crippen LogP contribution in [-0.2, 0) is 4.79 Å². The zero-order valence-electron chi connectivity index (χ0n) is 13.0. The van der Waals surface area contributed by atoms with Crippen molar-refractivity contribution in [2.75, 3.05) is 19.6 Å². The van der Waals surface area contributed by atoms with Gasteiger partial charge in [-0.25, -0.2) is 0 Å². The molecule has 1 saturated carbocycles. The number of nitrogens with zero attached hydrogens (tertiary/aromatic N) is 1. The summed E-state index contributed by atoms with van der Waals surface area (Å²) in [4.78, 5) is 14.5. The van der Waals surface area contributed by atoms with Gasteiger partial charge >= 0.3 is 0 Å². The number of rotatable bonds is 10. The summed E-state index contributed by atoms with van der Waals surface area (Å²) in [6.07, 6.45) is 4.46. The van der Waals surface area contributed by atoms with Gasteiger partial charge in [0.15, 0.2) is 0 Å². The molecule has 1 atom stereocenters. The Kier molecular flexibility index (Phi) is 6.27. The fourth-order valence-electron chi connectivity index (χ4n) is 2.99. The van der Waals surface area contributed by atoms with E-state index < -0.39 is 5.54 Å². The first-order valence-electron chi connectivity index (χ1n) is 7.76. The lowest BCUT2D eigenvalue weighted by Gasteiger charge is -2.38. The van der Waals surface area contributed by atoms with Crippen molar-refractivity contribution in [1.29, 1.82) is 0 Å². The lowest BCUT2D eigenvalue weighted by molar-refractivity contribution is -0.126. The number of hydrogen-bond donors (Lipinski definition) is 2. The molecule has 0 aromatic carbocycles. The van der Waals surface area contributed by atoms with Crippen molar-refractivity contribution in [2.24, 2.45) is 11.7 Å². The van der Waals surface area contributed by atoms with Crippen LogP contribution in [0.25, 0.3) is 0 Å². The first-order valence-corrected chi connectivity index (χ1v) is 7.76. The summed E-state index contributed by atoms with van der Waals surface area (Å²) in [7, 11) is 0. The minimum Gasteiger partial charge on any atom is -0.368 e. The fraction of sp³-hybridized carbons (Fsp3) is 0.933. The molecule has 1 fully saturated rings. The van der Waals surface area contributed by atoms with Crippen LogP contribution in [0.2, 0.25) is 0 Å². The van der Waals surface area contributed by atoms with Crippen molar-refractivity contribution in [2.45, 2.75) is 65.0 Å². The van der Waals surface area contributed by atoms with Crippen molar-refractivity contribution in [3.05, 3.63) is 0 Å². The summed E-state index contributed by atoms with van der Waals surface area (Å²) in [5, 5.41) is 3.49. The Morgan fingerprint density at radius 1 is 1.32 bits per heavy atom. The monoisotopic (exact) mass is 269 g/mol. The van der Waals surface area contributed by atoms with Crippen molar-refractivity contribution in [1.82, 2.24) is 10.2 Å². The van der Waals surface area contributed by atoms with E-state index in [4.69, 9.17) is 5.73 Å². The molecule has 1 aliphatic carbocycles. The van der Waals surface area contributed by atoms with Gasteiger partial charge in [-0.1, -0.05) is 13.8 Å². The average molecular weight is 269 g/mol. The summed E-state index contributed by atoms with van der Waals surface area (Å²) in [5.41, 5.74) is 5.24. The quantitative estimate of drug-likeness (QED) is 0.635. The van der Waals surface area contributed by atoms with Crippen molar-refractivity contribution < 1.29 is 4.79 Å². The highest BCUT2D eigenvalue weighted by atomic mass is 16.1. The van der Waals surface area contributed by atoms with E-state index in [0.29, 0.717) is 5.92 Å². The topological polar surface area (TPSA) is 58.4 Å². The number of carbonyl (C=O) groups is 1. The molecule has 0 aliphatic heterocycles. The van der Waals surface area contributed by atoms with Gasteiger partial charge in [0, 0.05) is 12.6 Å². The van der Waals surface area contributed by atoms with E-state index in [9.17, 15) is 4.79 Å². The van der Waals surface area contributed by atoms with Crippen molar-refractivity contribution >= 4 is 5.91 Å². The standard InChI is InChI=1S/C15H31N3O/c1-5-9-18(10-6-2)11-15(14(16)19,13-7-8-13)17-12(3)4/h12-13,17H,5-11H2,1-4H3,(H2,16,19). The molecule has 1 unspecified atom stereocenters. The molecule has 0 aromatic rings. The second-order valence-corrected chi connectivity index (χ2v) is 6.19. The third-order valence-electron chi connectivity index (χ3n) is 3.81. The number of hydrogen-bond acceptors (Lipinski definition) is 3. The van der Waals surface area contributed by atoms with Gasteiger partial charge in [-0.3, -0.25) is 10.1 Å². The molecule has 0 radical (unpaired) electrons. The molecular formula is C15H31N3O. The largest absolute Gasteiger partial charge is 0.368 e. The molecule has 112 valence electrons. The smallest absolute Gasteiger partial charge is 0.239 e. The van der Waals surface area contributed by atoms with Crippen LogP contribution in [-0.4, -0.2) is 42.0 Å². The third kappa shape index (κ3) is 4.46. The lowest BCUT2D eigenvalue weighted by Crippen LogP contribution is -2.65. The number of primary amides is 1. The Hall–Kier alpha value is -0.610. The van der Waals surface area contributed by atoms with Gasteiger partial charge in [0.1, 0.15) is 5.54 Å². The van der Waals surface area contributed by atoms with E-state index in [1.807, 2.05) is 0 Å². The van der Waals surface area contributed by atoms with E-state index >= 15 is 0 Å². The zero-order valence-corrected chi connectivity index (χ0v) is 13.0. The van der Waals surface area contributed by atoms with Crippen LogP contribution in [0.1, 0.15) is 53.4 Å². The van der Waals surface area contributed by atoms with Crippen molar-refractivity contribution in [3.8, 4) is 0 Å². The van der Waals surface area contributed by atoms with Gasteiger partial charge in [0.2, 0.25) is 5.91 Å². The molecule has 0 spiro atoms. The van der Waals surface area contributed by atoms with E-state index in [1.165, 1.54) is 0 Å². The number of amides is 1. The highest BCUT2D eigenvalue weighted by molar-refractivity contribution is 5.86. The number of carbonyl (C=O) groups excluding carboxylic acids is 1. The molecule has 4 nitrogen and oxygen atoms in total. The third-order valence-corrected chi connectivity index (χ3v) is 3.81. The molecule has 4 heteroatoms. The maximum atomic E-state index is 12.1. The molecule has 0 heterocycles. The molecule has 0 aromatic heterocycles. The fourth-order valence-corrected chi connectivity index (χ4v) is 2.99. The van der Waals surface area contributed by atoms with E-state index in [1.54, 1.807) is 0 Å². The molecule has 1 rings (SSSR count). The van der Waals surface area contributed by atoms with Gasteiger partial charge in [0.05, 0.1) is 0 Å². The highest BCUT2D eigenvalue weighted by Gasteiger charge is 2.50. The molecular weight excluding hydrogens is 238 g/mol. The lowest BCUT2D eigenvalue weighted by atomic mass is 9.90. The Morgan fingerprint density at radius 3 is 2.16 bits per heavy atom. The first kappa shape index (κ1) is 16.4. The molecule has 19 heavy (non-hydrogen) atoms. The minimum absolute atomic E-state index is 0.180. The maximum absolute atomic E-state index is 12.1. The summed E-state index contributed by atoms with van der Waals surface area (Å²) >= 11 is 0. The van der Waals surface area contributed by atoms with Crippen LogP contribution in [0.15, 0.2) is 0 Å². The molecule has 1 amide bonds. The molecule has 1 aliphatic rings. The Labute approximate surface area is 118 Å². The summed E-state index contributed by atoms with van der Waals surface area (Å²) in [5.74, 6) is 0.240. The Balaban J connectivity index is 2.84. The van der Waals surface area contributed by atoms with E-state index in [0.717, 1.165) is 45.3 Å². The normalized spacial score (nSPS) is 18.8. The van der Waals surface area contributed by atoms with Gasteiger partial charge in [-0.2, -0.15) is 0 Å². The molecule has 0 saturated heterocycles. The van der Waals surface area contributed by atoms with E-state index in [2.05, 4.69) is 37.9 Å². The van der Waals surface area contributed by atoms with Crippen LogP contribution in [0, 0.1) is 5.92 Å². The number of nitrogens with two attached hydrogens (primary N) is 1. The predicted octanol–water partition coefficient (Wildman–Crippen LogP) is 1.74. The Morgan fingerprint density at radius 2 is 1.84 bits per heavy atom. The molecule has 3 N–H and O–H groups in total. The second-order valence-electron chi connectivity index (χ2n) is 6.19. The van der Waals surface area contributed by atoms with Crippen LogP contribution in [0.3, 0.4) is 0 Å². The maximum Gasteiger partial charge on any atom is 0.239 e. The zero-order chi connectivity index (χ0) is 14.5. The Bertz CT molecular complexity index is 283. The van der Waals surface area contributed by atoms with E-state index in [-0.39, 0.29) is 11.9 Å². The first-order chi connectivity index (χ1) is 8.96. The average Bonchev–Trinajstić information content (AvgIpc) is 3.11. The number of nitrogens with one attached hydrogen (secondary N) is 1. The van der Waals surface area contributed by atoms with Crippen LogP contribution in [0.5, 0.6) is 0 Å². The SMILES string of the molecule is CCCN(CCC)CC(NC(C)C)(C(N)=O)C1CC1. The van der Waals surface area contributed by atoms with Gasteiger partial charge in [-0.05, 0) is 58.5 Å². The summed E-state index contributed by atoms with van der Waals surface area (Å²) in [6.45, 7) is 11.4. The van der Waals surface area contributed by atoms with Crippen LogP contribution < -0.4 is 11.1 Å². The predicted molar refractivity (Wildman–Crippen MR) is 79.9 cm³/mol. The van der Waals surface area contributed by atoms with Crippen molar-refractivity contribution in [3.63, 3.8) is 0 Å².